The van der Waals surface area contributed by atoms with Crippen LogP contribution in [-0.2, 0) is 54.6 Å². The van der Waals surface area contributed by atoms with E-state index in [-0.39, 0.29) is 37.8 Å². The summed E-state index contributed by atoms with van der Waals surface area (Å²) in [6, 6.07) is 19.6. The van der Waals surface area contributed by atoms with Gasteiger partial charge in [0.05, 0.1) is 52.8 Å². The Hall–Kier alpha value is -7.07. The molecule has 3 atom stereocenters. The SMILES string of the molecule is CCn1c(-c2cnccc2COC)c2c3cc(ccc31)-c1cccc(c1)C[C@H](NC(=O)[C@H](C(C)C)N(C)C(=O)CCN=C=Nc1c(OC)cc(OC)cc1OC)C(=O)N1CCC[C@H](N1)C(=O)OCC(C)(C)C2. The third kappa shape index (κ3) is 11.8. The number of benzene rings is 3. The Labute approximate surface area is 421 Å². The lowest BCUT2D eigenvalue weighted by molar-refractivity contribution is -0.155. The highest BCUT2D eigenvalue weighted by atomic mass is 16.5. The van der Waals surface area contributed by atoms with Gasteiger partial charge in [-0.25, -0.2) is 10.4 Å². The van der Waals surface area contributed by atoms with Crippen molar-refractivity contribution in [1.82, 2.24) is 30.2 Å². The Morgan fingerprint density at radius 3 is 2.46 bits per heavy atom. The largest absolute Gasteiger partial charge is 0.496 e. The molecule has 0 unspecified atom stereocenters. The van der Waals surface area contributed by atoms with E-state index in [2.05, 4.69) is 81.3 Å². The molecule has 6 bridgehead atoms. The Morgan fingerprint density at radius 2 is 1.76 bits per heavy atom. The van der Waals surface area contributed by atoms with E-state index in [9.17, 15) is 19.2 Å². The minimum atomic E-state index is -1.07. The first-order valence-electron chi connectivity index (χ1n) is 24.5. The average molecular weight is 985 g/mol. The second-order valence-electron chi connectivity index (χ2n) is 19.4. The number of amides is 3. The van der Waals surface area contributed by atoms with Crippen LogP contribution >= 0.6 is 0 Å². The molecule has 17 heteroatoms. The molecule has 72 heavy (non-hydrogen) atoms. The number of carbonyl (C=O) groups excluding carboxylic acids is 4. The van der Waals surface area contributed by atoms with Crippen LogP contribution in [0.1, 0.15) is 70.6 Å². The van der Waals surface area contributed by atoms with E-state index in [1.165, 1.54) is 31.2 Å². The standard InChI is InChI=1S/C55H68N8O9/c1-11-62-45-18-17-37-26-40(45)41(51(62)42-30-56-21-19-38(42)31-68-7)29-55(4,5)32-72-54(67)43-16-13-23-63(60-43)53(66)44(25-35-14-12-15-36(37)24-35)59-52(65)50(34(2)3)61(6)48(64)20-22-57-33-58-49-46(70-9)27-39(69-8)28-47(49)71-10/h12,14-15,17-19,21,24,26-28,30,34,43-44,50,60H,11,13,16,20,22-23,25,29,31-32H2,1-10H3,(H,59,65)/t43-,44-,50-/m0/s1. The molecule has 4 heterocycles. The van der Waals surface area contributed by atoms with Crippen LogP contribution in [0.3, 0.4) is 0 Å². The van der Waals surface area contributed by atoms with Gasteiger partial charge in [0.25, 0.3) is 5.91 Å². The zero-order chi connectivity index (χ0) is 51.7. The van der Waals surface area contributed by atoms with Gasteiger partial charge in [-0.15, -0.1) is 0 Å². The molecule has 2 aliphatic heterocycles. The maximum Gasteiger partial charge on any atom is 0.324 e. The van der Waals surface area contributed by atoms with Gasteiger partial charge in [-0.05, 0) is 78.1 Å². The van der Waals surface area contributed by atoms with Crippen molar-refractivity contribution in [3.05, 3.63) is 89.7 Å². The van der Waals surface area contributed by atoms with Crippen molar-refractivity contribution in [1.29, 1.82) is 0 Å². The number of aromatic nitrogens is 2. The number of cyclic esters (lactones) is 1. The number of aryl methyl sites for hydroxylation is 1. The first kappa shape index (κ1) is 52.7. The second-order valence-corrected chi connectivity index (χ2v) is 19.4. The summed E-state index contributed by atoms with van der Waals surface area (Å²) in [5.74, 6) is -0.720. The number of rotatable bonds is 15. The summed E-state index contributed by atoms with van der Waals surface area (Å²) in [5, 5.41) is 5.55. The summed E-state index contributed by atoms with van der Waals surface area (Å²) in [7, 11) is 7.79. The smallest absolute Gasteiger partial charge is 0.324 e. The van der Waals surface area contributed by atoms with Crippen molar-refractivity contribution in [2.45, 2.75) is 98.0 Å². The van der Waals surface area contributed by atoms with Crippen LogP contribution in [0.4, 0.5) is 5.69 Å². The number of pyridine rings is 1. The van der Waals surface area contributed by atoms with Crippen LogP contribution in [0.25, 0.3) is 33.3 Å². The fourth-order valence-corrected chi connectivity index (χ4v) is 9.75. The van der Waals surface area contributed by atoms with Gasteiger partial charge in [0.15, 0.2) is 17.2 Å². The number of nitrogens with zero attached hydrogens (tertiary/aromatic N) is 6. The van der Waals surface area contributed by atoms with Crippen LogP contribution in [0.15, 0.2) is 83.0 Å². The van der Waals surface area contributed by atoms with Crippen molar-refractivity contribution in [2.24, 2.45) is 21.3 Å². The molecular formula is C55H68N8O9. The van der Waals surface area contributed by atoms with E-state index >= 15 is 0 Å². The number of nitrogens with one attached hydrogen (secondary N) is 2. The second kappa shape index (κ2) is 23.4. The molecule has 1 saturated heterocycles. The quantitative estimate of drug-likeness (QED) is 0.0778. The lowest BCUT2D eigenvalue weighted by Crippen LogP contribution is -2.62. The number of esters is 1. The molecule has 5 aromatic rings. The van der Waals surface area contributed by atoms with Crippen LogP contribution in [0.2, 0.25) is 0 Å². The topological polar surface area (TPSA) is 188 Å². The monoisotopic (exact) mass is 985 g/mol. The number of methoxy groups -OCH3 is 4. The maximum atomic E-state index is 14.7. The molecule has 0 aliphatic carbocycles. The number of aliphatic imine (C=N–C) groups is 2. The van der Waals surface area contributed by atoms with Crippen LogP contribution in [-0.4, -0.2) is 122 Å². The summed E-state index contributed by atoms with van der Waals surface area (Å²) in [5.41, 5.74) is 11.0. The third-order valence-corrected chi connectivity index (χ3v) is 13.3. The van der Waals surface area contributed by atoms with Crippen molar-refractivity contribution in [3.63, 3.8) is 0 Å². The van der Waals surface area contributed by atoms with Gasteiger partial charge in [0, 0.05) is 86.5 Å². The molecule has 2 N–H and O–H groups in total. The summed E-state index contributed by atoms with van der Waals surface area (Å²) < 4.78 is 30.3. The number of hydrazine groups is 1. The molecular weight excluding hydrogens is 917 g/mol. The van der Waals surface area contributed by atoms with Gasteiger partial charge in [-0.1, -0.05) is 58.0 Å². The van der Waals surface area contributed by atoms with Gasteiger partial charge in [-0.3, -0.25) is 29.2 Å². The van der Waals surface area contributed by atoms with E-state index < -0.39 is 41.3 Å². The molecule has 0 saturated carbocycles. The minimum Gasteiger partial charge on any atom is -0.496 e. The number of ether oxygens (including phenoxy) is 5. The van der Waals surface area contributed by atoms with Gasteiger partial charge >= 0.3 is 5.97 Å². The Bertz CT molecular complexity index is 2830. The molecule has 2 aromatic heterocycles. The van der Waals surface area contributed by atoms with Crippen LogP contribution < -0.4 is 25.0 Å². The highest BCUT2D eigenvalue weighted by Crippen LogP contribution is 2.42. The highest BCUT2D eigenvalue weighted by Gasteiger charge is 2.37. The first-order valence-corrected chi connectivity index (χ1v) is 24.5. The zero-order valence-electron chi connectivity index (χ0n) is 43.2. The predicted octanol–water partition coefficient (Wildman–Crippen LogP) is 7.59. The minimum absolute atomic E-state index is 0.0377. The highest BCUT2D eigenvalue weighted by molar-refractivity contribution is 5.96. The average Bonchev–Trinajstić information content (AvgIpc) is 3.68. The van der Waals surface area contributed by atoms with Crippen molar-refractivity contribution in [2.75, 3.05) is 55.2 Å². The molecule has 17 nitrogen and oxygen atoms in total. The summed E-state index contributed by atoms with van der Waals surface area (Å²) in [4.78, 5) is 71.4. The molecule has 3 amide bonds. The van der Waals surface area contributed by atoms with E-state index in [1.54, 1.807) is 32.5 Å². The molecule has 382 valence electrons. The number of fused-ring (bicyclic) bond motifs is 6. The lowest BCUT2D eigenvalue weighted by Gasteiger charge is -2.36. The van der Waals surface area contributed by atoms with Gasteiger partial charge in [0.1, 0.15) is 23.9 Å². The summed E-state index contributed by atoms with van der Waals surface area (Å²) in [6.45, 7) is 11.6. The Balaban J connectivity index is 1.20. The van der Waals surface area contributed by atoms with Crippen molar-refractivity contribution < 1.29 is 42.9 Å². The lowest BCUT2D eigenvalue weighted by atomic mass is 9.84. The molecule has 0 spiro atoms. The van der Waals surface area contributed by atoms with Crippen LogP contribution in [0.5, 0.6) is 17.2 Å². The van der Waals surface area contributed by atoms with E-state index in [1.807, 2.05) is 44.3 Å². The fraction of sp³-hybridized carbons (Fsp3) is 0.455. The van der Waals surface area contributed by atoms with Crippen LogP contribution in [0, 0.1) is 11.3 Å². The number of hydrogen-bond donors (Lipinski definition) is 2. The molecule has 2 aliphatic rings. The summed E-state index contributed by atoms with van der Waals surface area (Å²) >= 11 is 0. The van der Waals surface area contributed by atoms with E-state index in [4.69, 9.17) is 23.7 Å². The Kier molecular flexibility index (Phi) is 17.2. The molecule has 3 aromatic carbocycles. The van der Waals surface area contributed by atoms with Gasteiger partial charge in [-0.2, -0.15) is 4.99 Å². The fourth-order valence-electron chi connectivity index (χ4n) is 9.75. The molecule has 1 fully saturated rings. The molecule has 0 radical (unpaired) electrons. The zero-order valence-corrected chi connectivity index (χ0v) is 43.2. The third-order valence-electron chi connectivity index (χ3n) is 13.3. The van der Waals surface area contributed by atoms with Crippen molar-refractivity contribution >= 4 is 46.3 Å². The first-order chi connectivity index (χ1) is 34.6. The number of carbonyl (C=O) groups is 4. The van der Waals surface area contributed by atoms with Gasteiger partial charge < -0.3 is 38.5 Å². The van der Waals surface area contributed by atoms with E-state index in [0.29, 0.717) is 61.9 Å². The van der Waals surface area contributed by atoms with Crippen molar-refractivity contribution in [3.8, 4) is 39.6 Å². The summed E-state index contributed by atoms with van der Waals surface area (Å²) in [6.07, 6.45) is 5.37. The maximum absolute atomic E-state index is 14.7. The molecule has 7 rings (SSSR count). The normalized spacial score (nSPS) is 17.3. The van der Waals surface area contributed by atoms with Gasteiger partial charge in [0.2, 0.25) is 11.8 Å². The Morgan fingerprint density at radius 1 is 1.01 bits per heavy atom. The predicted molar refractivity (Wildman–Crippen MR) is 275 cm³/mol. The number of likely N-dealkylation sites (N-methyl/N-ethyl adjacent to an activating group) is 1. The number of hydrogen-bond acceptors (Lipinski definition) is 13. The van der Waals surface area contributed by atoms with E-state index in [0.717, 1.165) is 50.0 Å².